The molecule has 2 atom stereocenters. The van der Waals surface area contributed by atoms with E-state index in [1.165, 1.54) is 13.0 Å². The summed E-state index contributed by atoms with van der Waals surface area (Å²) < 4.78 is 4.99. The fourth-order valence-electron chi connectivity index (χ4n) is 1.37. The minimum Gasteiger partial charge on any atom is -0.457 e. The van der Waals surface area contributed by atoms with Gasteiger partial charge in [0, 0.05) is 6.92 Å². The molecule has 0 amide bonds. The van der Waals surface area contributed by atoms with Crippen LogP contribution in [0.2, 0.25) is 0 Å². The van der Waals surface area contributed by atoms with Crippen LogP contribution in [0, 0.1) is 5.92 Å². The molecule has 0 N–H and O–H groups in total. The van der Waals surface area contributed by atoms with Crippen molar-refractivity contribution in [2.75, 3.05) is 0 Å². The van der Waals surface area contributed by atoms with E-state index in [0.29, 0.717) is 0 Å². The third kappa shape index (κ3) is 2.55. The zero-order valence-corrected chi connectivity index (χ0v) is 8.40. The number of carbonyl (C=O) groups excluding carboxylic acids is 2. The summed E-state index contributed by atoms with van der Waals surface area (Å²) in [5.41, 5.74) is 0. The van der Waals surface area contributed by atoms with Gasteiger partial charge in [-0.1, -0.05) is 19.1 Å². The van der Waals surface area contributed by atoms with Crippen molar-refractivity contribution in [3.8, 4) is 0 Å². The van der Waals surface area contributed by atoms with Gasteiger partial charge in [0.25, 0.3) is 0 Å². The first kappa shape index (κ1) is 10.7. The van der Waals surface area contributed by atoms with Gasteiger partial charge in [-0.05, 0) is 18.6 Å². The maximum atomic E-state index is 11.3. The highest BCUT2D eigenvalue weighted by Crippen LogP contribution is 2.20. The van der Waals surface area contributed by atoms with Gasteiger partial charge in [0.2, 0.25) is 0 Å². The summed E-state index contributed by atoms with van der Waals surface area (Å²) in [5.74, 6) is -0.677. The molecule has 3 nitrogen and oxygen atoms in total. The lowest BCUT2D eigenvalue weighted by atomic mass is 10.0. The first-order valence-corrected chi connectivity index (χ1v) is 4.71. The lowest BCUT2D eigenvalue weighted by Crippen LogP contribution is -2.23. The summed E-state index contributed by atoms with van der Waals surface area (Å²) in [6, 6.07) is 0. The molecule has 0 saturated carbocycles. The number of esters is 1. The smallest absolute Gasteiger partial charge is 0.303 e. The number of hydrogen-bond donors (Lipinski definition) is 0. The highest BCUT2D eigenvalue weighted by atomic mass is 16.5. The Hall–Kier alpha value is -1.38. The Labute approximate surface area is 83.4 Å². The van der Waals surface area contributed by atoms with Crippen LogP contribution >= 0.6 is 0 Å². The van der Waals surface area contributed by atoms with Crippen LogP contribution in [-0.4, -0.2) is 17.9 Å². The van der Waals surface area contributed by atoms with Crippen molar-refractivity contribution < 1.29 is 14.3 Å². The van der Waals surface area contributed by atoms with Crippen molar-refractivity contribution in [1.82, 2.24) is 0 Å². The number of allylic oxidation sites excluding steroid dienone is 2. The van der Waals surface area contributed by atoms with Crippen molar-refractivity contribution in [1.29, 1.82) is 0 Å². The summed E-state index contributed by atoms with van der Waals surface area (Å²) in [6.45, 7) is 3.33. The zero-order valence-electron chi connectivity index (χ0n) is 8.40. The molecule has 1 aliphatic carbocycles. The number of rotatable bonds is 3. The Morgan fingerprint density at radius 1 is 1.64 bits per heavy atom. The Balaban J connectivity index is 2.65. The monoisotopic (exact) mass is 194 g/mol. The molecular weight excluding hydrogens is 180 g/mol. The van der Waals surface area contributed by atoms with E-state index in [0.717, 1.165) is 6.42 Å². The molecule has 2 unspecified atom stereocenters. The van der Waals surface area contributed by atoms with Crippen LogP contribution in [0.1, 0.15) is 20.3 Å². The lowest BCUT2D eigenvalue weighted by Gasteiger charge is -2.14. The van der Waals surface area contributed by atoms with Crippen molar-refractivity contribution in [2.45, 2.75) is 26.4 Å². The molecule has 0 heterocycles. The Kier molecular flexibility index (Phi) is 3.63. The normalized spacial score (nSPS) is 26.0. The van der Waals surface area contributed by atoms with E-state index in [-0.39, 0.29) is 17.7 Å². The third-order valence-electron chi connectivity index (χ3n) is 2.01. The number of ketones is 1. The molecular formula is C11H14O3. The molecule has 0 aromatic carbocycles. The molecule has 0 radical (unpaired) electrons. The van der Waals surface area contributed by atoms with Crippen LogP contribution in [0.4, 0.5) is 0 Å². The summed E-state index contributed by atoms with van der Waals surface area (Å²) in [6.07, 6.45) is 7.27. The molecule has 1 aliphatic rings. The second-order valence-corrected chi connectivity index (χ2v) is 3.20. The number of carbonyl (C=O) groups is 2. The summed E-state index contributed by atoms with van der Waals surface area (Å²) in [7, 11) is 0. The van der Waals surface area contributed by atoms with E-state index >= 15 is 0 Å². The molecule has 14 heavy (non-hydrogen) atoms. The van der Waals surface area contributed by atoms with Crippen molar-refractivity contribution in [2.24, 2.45) is 5.92 Å². The Morgan fingerprint density at radius 2 is 2.36 bits per heavy atom. The number of ether oxygens (including phenoxy) is 1. The van der Waals surface area contributed by atoms with Gasteiger partial charge in [-0.25, -0.2) is 0 Å². The maximum absolute atomic E-state index is 11.3. The predicted octanol–water partition coefficient (Wildman–Crippen LogP) is 1.64. The summed E-state index contributed by atoms with van der Waals surface area (Å²) >= 11 is 0. The fourth-order valence-corrected chi connectivity index (χ4v) is 1.37. The zero-order chi connectivity index (χ0) is 10.6. The molecule has 0 aromatic heterocycles. The van der Waals surface area contributed by atoms with E-state index in [9.17, 15) is 9.59 Å². The van der Waals surface area contributed by atoms with E-state index in [1.807, 2.05) is 13.0 Å². The predicted molar refractivity (Wildman–Crippen MR) is 52.6 cm³/mol. The van der Waals surface area contributed by atoms with Gasteiger partial charge in [0.15, 0.2) is 5.78 Å². The molecule has 0 aromatic rings. The van der Waals surface area contributed by atoms with Crippen molar-refractivity contribution >= 4 is 11.8 Å². The lowest BCUT2D eigenvalue weighted by molar-refractivity contribution is -0.145. The number of hydrogen-bond acceptors (Lipinski definition) is 3. The SMILES string of the molecule is CCC=CC1C(=O)C=CC1OC(C)=O. The van der Waals surface area contributed by atoms with Crippen molar-refractivity contribution in [3.05, 3.63) is 24.3 Å². The Bertz CT molecular complexity index is 289. The molecule has 0 saturated heterocycles. The molecule has 0 fully saturated rings. The molecule has 0 spiro atoms. The summed E-state index contributed by atoms with van der Waals surface area (Å²) in [5, 5.41) is 0. The third-order valence-corrected chi connectivity index (χ3v) is 2.01. The van der Waals surface area contributed by atoms with Gasteiger partial charge in [0.1, 0.15) is 6.10 Å². The van der Waals surface area contributed by atoms with E-state index in [2.05, 4.69) is 0 Å². The van der Waals surface area contributed by atoms with Gasteiger partial charge in [-0.2, -0.15) is 0 Å². The first-order chi connectivity index (χ1) is 6.65. The standard InChI is InChI=1S/C11H14O3/c1-3-4-5-9-10(13)6-7-11(9)14-8(2)12/h4-7,9,11H,3H2,1-2H3. The van der Waals surface area contributed by atoms with Gasteiger partial charge in [0.05, 0.1) is 5.92 Å². The molecule has 0 bridgehead atoms. The van der Waals surface area contributed by atoms with Crippen LogP contribution < -0.4 is 0 Å². The minimum atomic E-state index is -0.414. The van der Waals surface area contributed by atoms with E-state index in [4.69, 9.17) is 4.74 Å². The highest BCUT2D eigenvalue weighted by Gasteiger charge is 2.29. The average Bonchev–Trinajstić information content (AvgIpc) is 2.44. The van der Waals surface area contributed by atoms with Crippen LogP contribution in [-0.2, 0) is 14.3 Å². The maximum Gasteiger partial charge on any atom is 0.303 e. The van der Waals surface area contributed by atoms with Crippen LogP contribution in [0.25, 0.3) is 0 Å². The van der Waals surface area contributed by atoms with Gasteiger partial charge in [-0.15, -0.1) is 0 Å². The van der Waals surface area contributed by atoms with Gasteiger partial charge in [-0.3, -0.25) is 9.59 Å². The summed E-state index contributed by atoms with van der Waals surface area (Å²) in [4.78, 5) is 22.1. The van der Waals surface area contributed by atoms with Crippen molar-refractivity contribution in [3.63, 3.8) is 0 Å². The molecule has 1 rings (SSSR count). The second kappa shape index (κ2) is 4.74. The van der Waals surface area contributed by atoms with E-state index in [1.54, 1.807) is 12.2 Å². The van der Waals surface area contributed by atoms with Crippen LogP contribution in [0.15, 0.2) is 24.3 Å². The molecule has 0 aliphatic heterocycles. The first-order valence-electron chi connectivity index (χ1n) is 4.71. The van der Waals surface area contributed by atoms with Crippen LogP contribution in [0.5, 0.6) is 0 Å². The highest BCUT2D eigenvalue weighted by molar-refractivity contribution is 5.96. The van der Waals surface area contributed by atoms with E-state index < -0.39 is 6.10 Å². The van der Waals surface area contributed by atoms with Gasteiger partial charge >= 0.3 is 5.97 Å². The van der Waals surface area contributed by atoms with Crippen LogP contribution in [0.3, 0.4) is 0 Å². The van der Waals surface area contributed by atoms with Gasteiger partial charge < -0.3 is 4.74 Å². The largest absolute Gasteiger partial charge is 0.457 e. The minimum absolute atomic E-state index is 0.000880. The average molecular weight is 194 g/mol. The second-order valence-electron chi connectivity index (χ2n) is 3.20. The fraction of sp³-hybridized carbons (Fsp3) is 0.455. The Morgan fingerprint density at radius 3 is 2.93 bits per heavy atom. The topological polar surface area (TPSA) is 43.4 Å². The molecule has 76 valence electrons. The quantitative estimate of drug-likeness (QED) is 0.506. The molecule has 3 heteroatoms.